The Morgan fingerprint density at radius 2 is 1.95 bits per heavy atom. The number of carbonyl (C=O) groups is 1. The largest absolute Gasteiger partial charge is 0.491 e. The Labute approximate surface area is 126 Å². The summed E-state index contributed by atoms with van der Waals surface area (Å²) in [5, 5.41) is 12.4. The summed E-state index contributed by atoms with van der Waals surface area (Å²) in [5.74, 6) is 0.384. The maximum atomic E-state index is 11.0. The van der Waals surface area contributed by atoms with E-state index in [1.165, 1.54) is 38.5 Å². The molecule has 0 spiro atoms. The standard InChI is InChI=1S/C17H25NO3/c19-17(20)15-8-4-5-9-16(15)21-13-12-18-11-10-14-6-2-1-3-7-14/h4-5,8-9,14,18H,1-3,6-7,10-13H2,(H,19,20). The van der Waals surface area contributed by atoms with Gasteiger partial charge in [0.15, 0.2) is 0 Å². The molecule has 0 unspecified atom stereocenters. The number of carboxylic acid groups (broad SMARTS) is 1. The second-order valence-electron chi connectivity index (χ2n) is 5.69. The lowest BCUT2D eigenvalue weighted by atomic mass is 9.87. The fourth-order valence-electron chi connectivity index (χ4n) is 2.91. The molecule has 0 aliphatic heterocycles. The van der Waals surface area contributed by atoms with Crippen LogP contribution in [0.25, 0.3) is 0 Å². The second kappa shape index (κ2) is 8.67. The Morgan fingerprint density at radius 1 is 1.19 bits per heavy atom. The summed E-state index contributed by atoms with van der Waals surface area (Å²) < 4.78 is 5.55. The average molecular weight is 291 g/mol. The first-order valence-electron chi connectivity index (χ1n) is 7.93. The van der Waals surface area contributed by atoms with Gasteiger partial charge in [-0.1, -0.05) is 44.2 Å². The van der Waals surface area contributed by atoms with Crippen LogP contribution in [0.4, 0.5) is 0 Å². The Morgan fingerprint density at radius 3 is 2.71 bits per heavy atom. The van der Waals surface area contributed by atoms with Crippen molar-refractivity contribution < 1.29 is 14.6 Å². The zero-order valence-electron chi connectivity index (χ0n) is 12.5. The van der Waals surface area contributed by atoms with Crippen molar-refractivity contribution in [2.75, 3.05) is 19.7 Å². The van der Waals surface area contributed by atoms with E-state index in [-0.39, 0.29) is 5.56 Å². The molecule has 0 heterocycles. The third kappa shape index (κ3) is 5.38. The Hall–Kier alpha value is -1.55. The highest BCUT2D eigenvalue weighted by Crippen LogP contribution is 2.25. The van der Waals surface area contributed by atoms with Crippen molar-refractivity contribution >= 4 is 5.97 Å². The van der Waals surface area contributed by atoms with Crippen molar-refractivity contribution in [3.05, 3.63) is 29.8 Å². The van der Waals surface area contributed by atoms with E-state index >= 15 is 0 Å². The molecule has 21 heavy (non-hydrogen) atoms. The van der Waals surface area contributed by atoms with Gasteiger partial charge < -0.3 is 15.2 Å². The Balaban J connectivity index is 1.60. The van der Waals surface area contributed by atoms with Crippen molar-refractivity contribution in [3.8, 4) is 5.75 Å². The quantitative estimate of drug-likeness (QED) is 0.721. The van der Waals surface area contributed by atoms with Gasteiger partial charge in [-0.2, -0.15) is 0 Å². The summed E-state index contributed by atoms with van der Waals surface area (Å²) >= 11 is 0. The Bertz CT molecular complexity index is 441. The molecule has 1 aromatic carbocycles. The van der Waals surface area contributed by atoms with Crippen molar-refractivity contribution in [2.45, 2.75) is 38.5 Å². The highest BCUT2D eigenvalue weighted by atomic mass is 16.5. The third-order valence-corrected chi connectivity index (χ3v) is 4.11. The van der Waals surface area contributed by atoms with Crippen LogP contribution >= 0.6 is 0 Å². The lowest BCUT2D eigenvalue weighted by molar-refractivity contribution is 0.0692. The zero-order chi connectivity index (χ0) is 14.9. The lowest BCUT2D eigenvalue weighted by Gasteiger charge is -2.21. The first-order valence-corrected chi connectivity index (χ1v) is 7.93. The van der Waals surface area contributed by atoms with Crippen LogP contribution < -0.4 is 10.1 Å². The molecule has 1 aromatic rings. The van der Waals surface area contributed by atoms with Gasteiger partial charge in [-0.15, -0.1) is 0 Å². The molecule has 0 bridgehead atoms. The number of para-hydroxylation sites is 1. The number of aromatic carboxylic acids is 1. The molecule has 2 N–H and O–H groups in total. The number of hydrogen-bond donors (Lipinski definition) is 2. The number of benzene rings is 1. The van der Waals surface area contributed by atoms with E-state index in [9.17, 15) is 4.79 Å². The molecule has 0 radical (unpaired) electrons. The van der Waals surface area contributed by atoms with E-state index in [2.05, 4.69) is 5.32 Å². The third-order valence-electron chi connectivity index (χ3n) is 4.11. The van der Waals surface area contributed by atoms with Gasteiger partial charge in [0.05, 0.1) is 0 Å². The molecular formula is C17H25NO3. The maximum Gasteiger partial charge on any atom is 0.339 e. The molecule has 0 amide bonds. The first kappa shape index (κ1) is 15.8. The number of rotatable bonds is 8. The van der Waals surface area contributed by atoms with Crippen molar-refractivity contribution in [2.24, 2.45) is 5.92 Å². The average Bonchev–Trinajstić information content (AvgIpc) is 2.52. The monoisotopic (exact) mass is 291 g/mol. The number of ether oxygens (including phenoxy) is 1. The van der Waals surface area contributed by atoms with Crippen LogP contribution in [0.2, 0.25) is 0 Å². The summed E-state index contributed by atoms with van der Waals surface area (Å²) in [7, 11) is 0. The van der Waals surface area contributed by atoms with Gasteiger partial charge in [0.2, 0.25) is 0 Å². The minimum absolute atomic E-state index is 0.222. The van der Waals surface area contributed by atoms with E-state index in [1.807, 2.05) is 0 Å². The number of hydrogen-bond acceptors (Lipinski definition) is 3. The molecule has 1 aliphatic rings. The molecule has 4 heteroatoms. The molecule has 1 saturated carbocycles. The summed E-state index contributed by atoms with van der Waals surface area (Å²) in [4.78, 5) is 11.0. The van der Waals surface area contributed by atoms with Gasteiger partial charge in [0.1, 0.15) is 17.9 Å². The first-order chi connectivity index (χ1) is 10.3. The van der Waals surface area contributed by atoms with Crippen molar-refractivity contribution in [1.29, 1.82) is 0 Å². The van der Waals surface area contributed by atoms with E-state index in [1.54, 1.807) is 24.3 Å². The number of nitrogens with one attached hydrogen (secondary N) is 1. The smallest absolute Gasteiger partial charge is 0.339 e. The molecule has 4 nitrogen and oxygen atoms in total. The fourth-order valence-corrected chi connectivity index (χ4v) is 2.91. The van der Waals surface area contributed by atoms with Gasteiger partial charge in [0.25, 0.3) is 0 Å². The van der Waals surface area contributed by atoms with Crippen LogP contribution in [0.5, 0.6) is 5.75 Å². The summed E-state index contributed by atoms with van der Waals surface area (Å²) in [6, 6.07) is 6.76. The Kier molecular flexibility index (Phi) is 6.54. The minimum Gasteiger partial charge on any atom is -0.491 e. The van der Waals surface area contributed by atoms with Gasteiger partial charge >= 0.3 is 5.97 Å². The normalized spacial score (nSPS) is 15.8. The van der Waals surface area contributed by atoms with Crippen LogP contribution in [-0.4, -0.2) is 30.8 Å². The van der Waals surface area contributed by atoms with Gasteiger partial charge in [-0.3, -0.25) is 0 Å². The maximum absolute atomic E-state index is 11.0. The van der Waals surface area contributed by atoms with Gasteiger partial charge in [-0.05, 0) is 31.0 Å². The van der Waals surface area contributed by atoms with E-state index in [0.717, 1.165) is 19.0 Å². The molecule has 0 saturated heterocycles. The molecule has 1 aliphatic carbocycles. The molecule has 0 atom stereocenters. The SMILES string of the molecule is O=C(O)c1ccccc1OCCNCCC1CCCCC1. The molecule has 116 valence electrons. The second-order valence-corrected chi connectivity index (χ2v) is 5.69. The van der Waals surface area contributed by atoms with Crippen LogP contribution in [0.15, 0.2) is 24.3 Å². The van der Waals surface area contributed by atoms with E-state index in [0.29, 0.717) is 12.4 Å². The summed E-state index contributed by atoms with van der Waals surface area (Å²) in [5.41, 5.74) is 0.222. The molecule has 0 aromatic heterocycles. The fraction of sp³-hybridized carbons (Fsp3) is 0.588. The zero-order valence-corrected chi connectivity index (χ0v) is 12.5. The van der Waals surface area contributed by atoms with E-state index in [4.69, 9.17) is 9.84 Å². The van der Waals surface area contributed by atoms with Crippen LogP contribution in [0.1, 0.15) is 48.9 Å². The highest BCUT2D eigenvalue weighted by Gasteiger charge is 2.12. The van der Waals surface area contributed by atoms with Gasteiger partial charge in [-0.25, -0.2) is 4.79 Å². The topological polar surface area (TPSA) is 58.6 Å². The molecular weight excluding hydrogens is 266 g/mol. The van der Waals surface area contributed by atoms with Crippen molar-refractivity contribution in [1.82, 2.24) is 5.32 Å². The van der Waals surface area contributed by atoms with Crippen LogP contribution in [-0.2, 0) is 0 Å². The number of carboxylic acids is 1. The van der Waals surface area contributed by atoms with Crippen LogP contribution in [0, 0.1) is 5.92 Å². The molecule has 1 fully saturated rings. The van der Waals surface area contributed by atoms with Gasteiger partial charge in [0, 0.05) is 6.54 Å². The van der Waals surface area contributed by atoms with Crippen molar-refractivity contribution in [3.63, 3.8) is 0 Å². The summed E-state index contributed by atoms with van der Waals surface area (Å²) in [6.45, 7) is 2.27. The predicted molar refractivity (Wildman–Crippen MR) is 83.0 cm³/mol. The predicted octanol–water partition coefficient (Wildman–Crippen LogP) is 3.32. The highest BCUT2D eigenvalue weighted by molar-refractivity contribution is 5.90. The summed E-state index contributed by atoms with van der Waals surface area (Å²) in [6.07, 6.45) is 8.18. The lowest BCUT2D eigenvalue weighted by Crippen LogP contribution is -2.24. The van der Waals surface area contributed by atoms with Crippen LogP contribution in [0.3, 0.4) is 0 Å². The minimum atomic E-state index is -0.948. The molecule has 2 rings (SSSR count). The van der Waals surface area contributed by atoms with E-state index < -0.39 is 5.97 Å².